The van der Waals surface area contributed by atoms with Crippen LogP contribution in [0.3, 0.4) is 0 Å². The summed E-state index contributed by atoms with van der Waals surface area (Å²) in [4.78, 5) is 0.201. The minimum atomic E-state index is -0.667. The van der Waals surface area contributed by atoms with E-state index in [4.69, 9.17) is 0 Å². The molecule has 18 heavy (non-hydrogen) atoms. The molecule has 2 aliphatic rings. The molecule has 1 nitrogen and oxygen atoms in total. The van der Waals surface area contributed by atoms with E-state index < -0.39 is 5.60 Å². The molecular weight excluding hydrogens is 288 g/mol. The van der Waals surface area contributed by atoms with Gasteiger partial charge < -0.3 is 5.11 Å². The van der Waals surface area contributed by atoms with Crippen molar-refractivity contribution >= 4 is 15.9 Å². The average Bonchev–Trinajstić information content (AvgIpc) is 2.41. The third-order valence-corrected chi connectivity index (χ3v) is 6.07. The maximum absolute atomic E-state index is 11.1. The van der Waals surface area contributed by atoms with Gasteiger partial charge in [0.1, 0.15) is 5.60 Å². The van der Waals surface area contributed by atoms with Crippen LogP contribution in [-0.2, 0) is 5.60 Å². The Balaban J connectivity index is 1.87. The average molecular weight is 309 g/mol. The molecule has 0 aliphatic heterocycles. The van der Waals surface area contributed by atoms with E-state index in [-0.39, 0.29) is 4.83 Å². The standard InChI is InChI=1S/C16H21BrO/c17-15-10-12-6-4-5-7-13(12)11-16(15,18)14-8-2-1-3-9-14/h1-3,8-9,12-13,15,18H,4-7,10-11H2/t12-,13-,15-,16+/m0/s1. The van der Waals surface area contributed by atoms with E-state index in [1.165, 1.54) is 25.7 Å². The van der Waals surface area contributed by atoms with Crippen LogP contribution in [0.2, 0.25) is 0 Å². The van der Waals surface area contributed by atoms with Crippen LogP contribution in [0, 0.1) is 11.8 Å². The van der Waals surface area contributed by atoms with Crippen molar-refractivity contribution in [1.82, 2.24) is 0 Å². The first kappa shape index (κ1) is 12.7. The number of rotatable bonds is 1. The maximum Gasteiger partial charge on any atom is 0.102 e. The van der Waals surface area contributed by atoms with Gasteiger partial charge in [0.25, 0.3) is 0 Å². The van der Waals surface area contributed by atoms with Crippen molar-refractivity contribution in [3.05, 3.63) is 35.9 Å². The van der Waals surface area contributed by atoms with Gasteiger partial charge in [-0.25, -0.2) is 0 Å². The molecule has 1 N–H and O–H groups in total. The zero-order valence-electron chi connectivity index (χ0n) is 10.7. The Morgan fingerprint density at radius 2 is 1.72 bits per heavy atom. The normalized spacial score (nSPS) is 40.2. The minimum Gasteiger partial charge on any atom is -0.384 e. The lowest BCUT2D eigenvalue weighted by Gasteiger charge is -2.47. The van der Waals surface area contributed by atoms with Gasteiger partial charge in [-0.2, -0.15) is 0 Å². The fraction of sp³-hybridized carbons (Fsp3) is 0.625. The predicted octanol–water partition coefficient (Wildman–Crippen LogP) is 4.24. The van der Waals surface area contributed by atoms with Crippen molar-refractivity contribution in [1.29, 1.82) is 0 Å². The summed E-state index contributed by atoms with van der Waals surface area (Å²) >= 11 is 3.76. The van der Waals surface area contributed by atoms with E-state index in [2.05, 4.69) is 28.1 Å². The Morgan fingerprint density at radius 1 is 1.06 bits per heavy atom. The summed E-state index contributed by atoms with van der Waals surface area (Å²) in [7, 11) is 0. The highest BCUT2D eigenvalue weighted by molar-refractivity contribution is 9.09. The predicted molar refractivity (Wildman–Crippen MR) is 77.7 cm³/mol. The largest absolute Gasteiger partial charge is 0.384 e. The molecule has 0 unspecified atom stereocenters. The summed E-state index contributed by atoms with van der Waals surface area (Å²) in [6.07, 6.45) is 7.44. The molecule has 4 atom stereocenters. The molecule has 1 aromatic carbocycles. The number of aliphatic hydroxyl groups is 1. The van der Waals surface area contributed by atoms with Crippen molar-refractivity contribution in [2.75, 3.05) is 0 Å². The summed E-state index contributed by atoms with van der Waals surface area (Å²) < 4.78 is 0. The van der Waals surface area contributed by atoms with Crippen LogP contribution >= 0.6 is 15.9 Å². The first-order chi connectivity index (χ1) is 8.70. The van der Waals surface area contributed by atoms with Crippen molar-refractivity contribution in [2.24, 2.45) is 11.8 Å². The summed E-state index contributed by atoms with van der Waals surface area (Å²) in [6.45, 7) is 0. The number of alkyl halides is 1. The van der Waals surface area contributed by atoms with E-state index in [9.17, 15) is 5.11 Å². The summed E-state index contributed by atoms with van der Waals surface area (Å²) in [5, 5.41) is 11.1. The Bertz CT molecular complexity index is 405. The van der Waals surface area contributed by atoms with Crippen LogP contribution < -0.4 is 0 Å². The van der Waals surface area contributed by atoms with E-state index in [0.29, 0.717) is 0 Å². The first-order valence-corrected chi connectivity index (χ1v) is 8.03. The molecule has 0 saturated heterocycles. The number of hydrogen-bond acceptors (Lipinski definition) is 1. The molecule has 1 aromatic rings. The van der Waals surface area contributed by atoms with Gasteiger partial charge in [0, 0.05) is 4.83 Å². The molecule has 0 aromatic heterocycles. The van der Waals surface area contributed by atoms with Gasteiger partial charge in [-0.05, 0) is 30.2 Å². The monoisotopic (exact) mass is 308 g/mol. The fourth-order valence-electron chi connectivity index (χ4n) is 3.88. The number of fused-ring (bicyclic) bond motifs is 1. The third kappa shape index (κ3) is 2.14. The molecule has 0 radical (unpaired) electrons. The SMILES string of the molecule is O[C@@]1(c2ccccc2)C[C@@H]2CCCC[C@H]2C[C@@H]1Br. The fourth-order valence-corrected chi connectivity index (χ4v) is 4.81. The highest BCUT2D eigenvalue weighted by Crippen LogP contribution is 2.50. The van der Waals surface area contributed by atoms with Gasteiger partial charge in [0.2, 0.25) is 0 Å². The molecule has 3 rings (SSSR count). The van der Waals surface area contributed by atoms with Gasteiger partial charge in [-0.1, -0.05) is 71.9 Å². The topological polar surface area (TPSA) is 20.2 Å². The Morgan fingerprint density at radius 3 is 2.44 bits per heavy atom. The lowest BCUT2D eigenvalue weighted by Crippen LogP contribution is -2.46. The molecule has 2 heteroatoms. The van der Waals surface area contributed by atoms with Crippen LogP contribution in [0.25, 0.3) is 0 Å². The van der Waals surface area contributed by atoms with Crippen molar-refractivity contribution in [3.63, 3.8) is 0 Å². The molecule has 0 amide bonds. The highest BCUT2D eigenvalue weighted by atomic mass is 79.9. The minimum absolute atomic E-state index is 0.201. The lowest BCUT2D eigenvalue weighted by atomic mass is 9.64. The number of hydrogen-bond donors (Lipinski definition) is 1. The molecule has 98 valence electrons. The Kier molecular flexibility index (Phi) is 3.50. The van der Waals surface area contributed by atoms with Gasteiger partial charge >= 0.3 is 0 Å². The summed E-state index contributed by atoms with van der Waals surface area (Å²) in [5.74, 6) is 1.55. The second-order valence-corrected chi connectivity index (χ2v) is 7.11. The third-order valence-electron chi connectivity index (χ3n) is 4.94. The van der Waals surface area contributed by atoms with Gasteiger partial charge in [-0.15, -0.1) is 0 Å². The van der Waals surface area contributed by atoms with E-state index >= 15 is 0 Å². The number of benzene rings is 1. The molecule has 0 heterocycles. The van der Waals surface area contributed by atoms with Gasteiger partial charge in [0.05, 0.1) is 0 Å². The quantitative estimate of drug-likeness (QED) is 0.769. The highest BCUT2D eigenvalue weighted by Gasteiger charge is 2.46. The zero-order valence-corrected chi connectivity index (χ0v) is 12.3. The zero-order chi connectivity index (χ0) is 12.6. The van der Waals surface area contributed by atoms with Crippen LogP contribution in [0.5, 0.6) is 0 Å². The molecule has 0 spiro atoms. The second-order valence-electron chi connectivity index (χ2n) is 6.00. The van der Waals surface area contributed by atoms with Crippen molar-refractivity contribution in [2.45, 2.75) is 49.0 Å². The van der Waals surface area contributed by atoms with E-state index in [1.807, 2.05) is 18.2 Å². The Hall–Kier alpha value is -0.340. The molecule has 2 saturated carbocycles. The van der Waals surface area contributed by atoms with E-state index in [0.717, 1.165) is 30.2 Å². The van der Waals surface area contributed by atoms with Crippen molar-refractivity contribution < 1.29 is 5.11 Å². The summed E-state index contributed by atoms with van der Waals surface area (Å²) in [5.41, 5.74) is 0.413. The molecule has 2 fully saturated rings. The van der Waals surface area contributed by atoms with Crippen LogP contribution in [0.1, 0.15) is 44.1 Å². The van der Waals surface area contributed by atoms with Gasteiger partial charge in [0.15, 0.2) is 0 Å². The molecule has 0 bridgehead atoms. The smallest absolute Gasteiger partial charge is 0.102 e. The van der Waals surface area contributed by atoms with E-state index in [1.54, 1.807) is 0 Å². The van der Waals surface area contributed by atoms with Crippen LogP contribution in [0.4, 0.5) is 0 Å². The van der Waals surface area contributed by atoms with Crippen LogP contribution in [-0.4, -0.2) is 9.93 Å². The van der Waals surface area contributed by atoms with Crippen LogP contribution in [0.15, 0.2) is 30.3 Å². The second kappa shape index (κ2) is 4.97. The maximum atomic E-state index is 11.1. The lowest BCUT2D eigenvalue weighted by molar-refractivity contribution is -0.0417. The van der Waals surface area contributed by atoms with Gasteiger partial charge in [-0.3, -0.25) is 0 Å². The Labute approximate surface area is 118 Å². The molecular formula is C16H21BrO. The molecule has 2 aliphatic carbocycles. The first-order valence-electron chi connectivity index (χ1n) is 7.12. The van der Waals surface area contributed by atoms with Crippen molar-refractivity contribution in [3.8, 4) is 0 Å². The summed E-state index contributed by atoms with van der Waals surface area (Å²) in [6, 6.07) is 10.2. The number of halogens is 1.